The smallest absolute Gasteiger partial charge is 0.306 e. The Morgan fingerprint density at radius 1 is 0.968 bits per heavy atom. The lowest BCUT2D eigenvalue weighted by Gasteiger charge is -2.43. The molecule has 0 fully saturated rings. The summed E-state index contributed by atoms with van der Waals surface area (Å²) in [7, 11) is -2.50. The molecule has 0 bridgehead atoms. The number of allylic oxidation sites excluding steroid dienone is 2. The van der Waals surface area contributed by atoms with Crippen LogP contribution in [0.3, 0.4) is 0 Å². The van der Waals surface area contributed by atoms with Gasteiger partial charge in [0.2, 0.25) is 0 Å². The van der Waals surface area contributed by atoms with E-state index >= 15 is 0 Å². The van der Waals surface area contributed by atoms with E-state index in [4.69, 9.17) is 9.16 Å². The summed E-state index contributed by atoms with van der Waals surface area (Å²) in [5, 5.41) is 2.53. The first kappa shape index (κ1) is 24.8. The number of esters is 1. The number of carbonyl (C=O) groups is 1. The maximum Gasteiger partial charge on any atom is 0.306 e. The van der Waals surface area contributed by atoms with Crippen molar-refractivity contribution in [1.82, 2.24) is 0 Å². The first-order valence-corrected chi connectivity index (χ1v) is 13.0. The minimum Gasteiger partial charge on any atom is -0.466 e. The lowest BCUT2D eigenvalue weighted by atomic mass is 10.2. The third kappa shape index (κ3) is 6.78. The van der Waals surface area contributed by atoms with Crippen LogP contribution in [0.1, 0.15) is 47.0 Å². The Kier molecular flexibility index (Phi) is 9.47. The van der Waals surface area contributed by atoms with Crippen LogP contribution in [-0.2, 0) is 14.0 Å². The molecule has 0 aromatic heterocycles. The van der Waals surface area contributed by atoms with Gasteiger partial charge in [0.25, 0.3) is 8.32 Å². The Balaban J connectivity index is 2.13. The molecule has 0 N–H and O–H groups in total. The maximum atomic E-state index is 11.4. The van der Waals surface area contributed by atoms with Crippen LogP contribution in [-0.4, -0.2) is 27.5 Å². The van der Waals surface area contributed by atoms with E-state index in [0.29, 0.717) is 26.1 Å². The van der Waals surface area contributed by atoms with Gasteiger partial charge in [0.15, 0.2) is 0 Å². The second-order valence-corrected chi connectivity index (χ2v) is 13.0. The molecule has 4 heteroatoms. The summed E-state index contributed by atoms with van der Waals surface area (Å²) in [5.41, 5.74) is 1.00. The molecular formula is C27H36O3Si. The van der Waals surface area contributed by atoms with Crippen molar-refractivity contribution in [3.63, 3.8) is 0 Å². The van der Waals surface area contributed by atoms with E-state index in [1.54, 1.807) is 0 Å². The summed E-state index contributed by atoms with van der Waals surface area (Å²) < 4.78 is 11.8. The van der Waals surface area contributed by atoms with E-state index < -0.39 is 8.32 Å². The van der Waals surface area contributed by atoms with Gasteiger partial charge in [-0.1, -0.05) is 106 Å². The van der Waals surface area contributed by atoms with Gasteiger partial charge >= 0.3 is 5.97 Å². The molecule has 0 saturated heterocycles. The van der Waals surface area contributed by atoms with Crippen molar-refractivity contribution in [2.75, 3.05) is 13.2 Å². The first-order valence-electron chi connectivity index (χ1n) is 11.1. The molecule has 0 heterocycles. The van der Waals surface area contributed by atoms with E-state index in [1.165, 1.54) is 10.4 Å². The van der Waals surface area contributed by atoms with E-state index in [0.717, 1.165) is 12.0 Å². The highest BCUT2D eigenvalue weighted by atomic mass is 28.4. The van der Waals surface area contributed by atoms with Gasteiger partial charge in [0, 0.05) is 13.0 Å². The predicted molar refractivity (Wildman–Crippen MR) is 132 cm³/mol. The minimum absolute atomic E-state index is 0.0352. The lowest BCUT2D eigenvalue weighted by Crippen LogP contribution is -2.66. The second kappa shape index (κ2) is 11.8. The molecule has 2 aromatic rings. The minimum atomic E-state index is -2.50. The van der Waals surface area contributed by atoms with Crippen molar-refractivity contribution in [2.24, 2.45) is 0 Å². The Bertz CT molecular complexity index is 812. The first-order chi connectivity index (χ1) is 14.8. The molecule has 0 atom stereocenters. The monoisotopic (exact) mass is 436 g/mol. The van der Waals surface area contributed by atoms with E-state index in [9.17, 15) is 4.79 Å². The summed E-state index contributed by atoms with van der Waals surface area (Å²) >= 11 is 0. The van der Waals surface area contributed by atoms with Gasteiger partial charge in [0.1, 0.15) is 0 Å². The average Bonchev–Trinajstić information content (AvgIpc) is 2.75. The molecule has 0 aliphatic heterocycles. The highest BCUT2D eigenvalue weighted by Gasteiger charge is 2.49. The molecule has 2 aromatic carbocycles. The molecule has 0 unspecified atom stereocenters. The van der Waals surface area contributed by atoms with Crippen LogP contribution in [0.25, 0.3) is 0 Å². The molecule has 31 heavy (non-hydrogen) atoms. The molecule has 0 amide bonds. The van der Waals surface area contributed by atoms with Crippen LogP contribution in [0.4, 0.5) is 0 Å². The highest BCUT2D eigenvalue weighted by Crippen LogP contribution is 2.36. The highest BCUT2D eigenvalue weighted by molar-refractivity contribution is 6.99. The second-order valence-electron chi connectivity index (χ2n) is 8.67. The van der Waals surface area contributed by atoms with Crippen molar-refractivity contribution in [1.29, 1.82) is 0 Å². The van der Waals surface area contributed by atoms with Crippen molar-refractivity contribution in [3.8, 4) is 0 Å². The zero-order valence-corrected chi connectivity index (χ0v) is 20.4. The van der Waals surface area contributed by atoms with Crippen molar-refractivity contribution < 1.29 is 14.0 Å². The van der Waals surface area contributed by atoms with Gasteiger partial charge in [-0.05, 0) is 35.2 Å². The fourth-order valence-corrected chi connectivity index (χ4v) is 8.43. The summed E-state index contributed by atoms with van der Waals surface area (Å²) in [5.74, 6) is -0.159. The van der Waals surface area contributed by atoms with Crippen LogP contribution in [0.5, 0.6) is 0 Å². The largest absolute Gasteiger partial charge is 0.466 e. The van der Waals surface area contributed by atoms with Crippen LogP contribution in [0.15, 0.2) is 85.0 Å². The normalized spacial score (nSPS) is 12.1. The Labute approximate surface area is 188 Å². The van der Waals surface area contributed by atoms with E-state index in [1.807, 2.05) is 19.1 Å². The third-order valence-corrected chi connectivity index (χ3v) is 10.4. The molecule has 0 aliphatic carbocycles. The number of hydrogen-bond donors (Lipinski definition) is 0. The quantitative estimate of drug-likeness (QED) is 0.268. The number of ether oxygens (including phenoxy) is 1. The van der Waals surface area contributed by atoms with Gasteiger partial charge < -0.3 is 9.16 Å². The lowest BCUT2D eigenvalue weighted by molar-refractivity contribution is -0.143. The van der Waals surface area contributed by atoms with Crippen molar-refractivity contribution in [3.05, 3.63) is 85.0 Å². The molecule has 166 valence electrons. The summed E-state index contributed by atoms with van der Waals surface area (Å²) in [6.07, 6.45) is 5.79. The van der Waals surface area contributed by atoms with Crippen LogP contribution in [0, 0.1) is 0 Å². The molecule has 0 radical (unpaired) electrons. The predicted octanol–water partition coefficient (Wildman–Crippen LogP) is 5.41. The number of rotatable bonds is 11. The standard InChI is InChI=1S/C27H36O3Si/c1-6-29-26(28)20-14-13-15-23(2)21-22-30-31(27(3,4)5,24-16-9-7-10-17-24)25-18-11-8-12-19-25/h7-13,15-19H,2,6,14,20-22H2,1,3-5H3/b15-13-. The Morgan fingerprint density at radius 2 is 1.52 bits per heavy atom. The van der Waals surface area contributed by atoms with E-state index in [2.05, 4.69) is 88.0 Å². The zero-order chi connectivity index (χ0) is 22.7. The van der Waals surface area contributed by atoms with E-state index in [-0.39, 0.29) is 11.0 Å². The number of hydrogen-bond acceptors (Lipinski definition) is 3. The molecule has 3 nitrogen and oxygen atoms in total. The number of carbonyl (C=O) groups excluding carboxylic acids is 1. The Hall–Kier alpha value is -2.43. The number of benzene rings is 2. The summed E-state index contributed by atoms with van der Waals surface area (Å²) in [6, 6.07) is 21.3. The molecule has 0 aliphatic rings. The molecular weight excluding hydrogens is 400 g/mol. The van der Waals surface area contributed by atoms with Crippen molar-refractivity contribution in [2.45, 2.75) is 52.0 Å². The van der Waals surface area contributed by atoms with Crippen LogP contribution >= 0.6 is 0 Å². The zero-order valence-electron chi connectivity index (χ0n) is 19.4. The Morgan fingerprint density at radius 3 is 2.00 bits per heavy atom. The van der Waals surface area contributed by atoms with Gasteiger partial charge in [-0.15, -0.1) is 0 Å². The SMILES string of the molecule is C=C(/C=C\CCC(=O)OCC)CCO[Si](c1ccccc1)(c1ccccc1)C(C)(C)C. The van der Waals surface area contributed by atoms with Crippen LogP contribution < -0.4 is 10.4 Å². The topological polar surface area (TPSA) is 35.5 Å². The van der Waals surface area contributed by atoms with Crippen LogP contribution in [0.2, 0.25) is 5.04 Å². The van der Waals surface area contributed by atoms with Gasteiger partial charge in [-0.25, -0.2) is 0 Å². The summed E-state index contributed by atoms with van der Waals surface area (Å²) in [6.45, 7) is 13.9. The fraction of sp³-hybridized carbons (Fsp3) is 0.370. The van der Waals surface area contributed by atoms with Crippen molar-refractivity contribution >= 4 is 24.7 Å². The van der Waals surface area contributed by atoms with Gasteiger partial charge in [-0.2, -0.15) is 0 Å². The third-order valence-electron chi connectivity index (χ3n) is 5.33. The maximum absolute atomic E-state index is 11.4. The summed E-state index contributed by atoms with van der Waals surface area (Å²) in [4.78, 5) is 11.4. The average molecular weight is 437 g/mol. The van der Waals surface area contributed by atoms with Gasteiger partial charge in [0.05, 0.1) is 6.61 Å². The molecule has 0 saturated carbocycles. The van der Waals surface area contributed by atoms with Gasteiger partial charge in [-0.3, -0.25) is 4.79 Å². The fourth-order valence-electron chi connectivity index (χ4n) is 3.86. The molecule has 2 rings (SSSR count). The molecule has 0 spiro atoms.